The van der Waals surface area contributed by atoms with E-state index in [0.717, 1.165) is 5.46 Å². The van der Waals surface area contributed by atoms with Gasteiger partial charge in [-0.25, -0.2) is 0 Å². The fourth-order valence-corrected chi connectivity index (χ4v) is 1.31. The molecule has 0 fully saturated rings. The van der Waals surface area contributed by atoms with Gasteiger partial charge in [-0.05, 0) is 17.6 Å². The predicted octanol–water partition coefficient (Wildman–Crippen LogP) is 0.390. The summed E-state index contributed by atoms with van der Waals surface area (Å²) in [5.41, 5.74) is 5.53. The summed E-state index contributed by atoms with van der Waals surface area (Å²) >= 11 is 0. The molecule has 0 saturated carbocycles. The van der Waals surface area contributed by atoms with Crippen molar-refractivity contribution in [2.24, 2.45) is 5.73 Å². The summed E-state index contributed by atoms with van der Waals surface area (Å²) < 4.78 is 5.36. The Morgan fingerprint density at radius 3 is 1.89 bits per heavy atom. The van der Waals surface area contributed by atoms with Crippen LogP contribution < -0.4 is 15.9 Å². The number of hydrogen-bond acceptors (Lipinski definition) is 4. The zero-order valence-corrected chi connectivity index (χ0v) is 10.6. The van der Waals surface area contributed by atoms with Crippen molar-refractivity contribution in [3.8, 4) is 5.75 Å². The van der Waals surface area contributed by atoms with E-state index in [-0.39, 0.29) is 6.61 Å². The molecule has 5 heteroatoms. The molecule has 19 heavy (non-hydrogen) atoms. The highest BCUT2D eigenvalue weighted by molar-refractivity contribution is 6.60. The largest absolute Gasteiger partial charge is 0.560 e. The SMILES string of the molecule is NCCO.OB(Oc1ccccc1)c1ccccc1. The summed E-state index contributed by atoms with van der Waals surface area (Å²) in [7, 11) is -0.909. The molecule has 4 nitrogen and oxygen atoms in total. The maximum Gasteiger partial charge on any atom is 0.560 e. The molecule has 2 aromatic rings. The molecular weight excluding hydrogens is 241 g/mol. The normalized spacial score (nSPS) is 9.21. The van der Waals surface area contributed by atoms with Gasteiger partial charge in [-0.3, -0.25) is 0 Å². The smallest absolute Gasteiger partial charge is 0.532 e. The van der Waals surface area contributed by atoms with Crippen LogP contribution in [-0.4, -0.2) is 30.4 Å². The molecule has 4 N–H and O–H groups in total. The van der Waals surface area contributed by atoms with Crippen LogP contribution in [0.25, 0.3) is 0 Å². The van der Waals surface area contributed by atoms with E-state index in [4.69, 9.17) is 15.5 Å². The molecule has 0 aliphatic heterocycles. The second-order valence-corrected chi connectivity index (χ2v) is 3.71. The van der Waals surface area contributed by atoms with Gasteiger partial charge < -0.3 is 20.5 Å². The molecule has 0 atom stereocenters. The van der Waals surface area contributed by atoms with E-state index < -0.39 is 7.12 Å². The highest BCUT2D eigenvalue weighted by Gasteiger charge is 2.17. The Kier molecular flexibility index (Phi) is 7.35. The van der Waals surface area contributed by atoms with E-state index in [2.05, 4.69) is 0 Å². The first-order valence-electron chi connectivity index (χ1n) is 6.03. The fourth-order valence-electron chi connectivity index (χ4n) is 1.31. The molecule has 0 heterocycles. The van der Waals surface area contributed by atoms with E-state index in [1.165, 1.54) is 0 Å². The zero-order chi connectivity index (χ0) is 13.9. The fraction of sp³-hybridized carbons (Fsp3) is 0.143. The third-order valence-electron chi connectivity index (χ3n) is 2.20. The number of rotatable bonds is 4. The lowest BCUT2D eigenvalue weighted by atomic mass is 9.79. The Hall–Kier alpha value is -1.82. The summed E-state index contributed by atoms with van der Waals surface area (Å²) in [6.07, 6.45) is 0. The lowest BCUT2D eigenvalue weighted by Gasteiger charge is -2.09. The summed E-state index contributed by atoms with van der Waals surface area (Å²) in [4.78, 5) is 0. The summed E-state index contributed by atoms with van der Waals surface area (Å²) in [5, 5.41) is 17.5. The van der Waals surface area contributed by atoms with Crippen molar-refractivity contribution in [2.45, 2.75) is 0 Å². The van der Waals surface area contributed by atoms with Gasteiger partial charge in [0.2, 0.25) is 0 Å². The lowest BCUT2D eigenvalue weighted by Crippen LogP contribution is -2.36. The molecule has 2 rings (SSSR count). The maximum absolute atomic E-state index is 9.75. The third-order valence-corrected chi connectivity index (χ3v) is 2.20. The van der Waals surface area contributed by atoms with Gasteiger partial charge in [0.05, 0.1) is 6.61 Å². The van der Waals surface area contributed by atoms with Gasteiger partial charge in [0.1, 0.15) is 5.75 Å². The molecule has 0 amide bonds. The van der Waals surface area contributed by atoms with E-state index in [9.17, 15) is 5.02 Å². The van der Waals surface area contributed by atoms with Gasteiger partial charge in [0, 0.05) is 6.54 Å². The first kappa shape index (κ1) is 15.2. The Morgan fingerprint density at radius 2 is 1.42 bits per heavy atom. The molecular formula is C14H18BNO3. The lowest BCUT2D eigenvalue weighted by molar-refractivity contribution is 0.306. The second kappa shape index (κ2) is 9.16. The van der Waals surface area contributed by atoms with Crippen LogP contribution >= 0.6 is 0 Å². The van der Waals surface area contributed by atoms with Gasteiger partial charge in [-0.2, -0.15) is 0 Å². The minimum atomic E-state index is -0.909. The number of nitrogens with two attached hydrogens (primary N) is 1. The van der Waals surface area contributed by atoms with Crippen molar-refractivity contribution in [1.29, 1.82) is 0 Å². The molecule has 0 spiro atoms. The first-order valence-corrected chi connectivity index (χ1v) is 6.03. The van der Waals surface area contributed by atoms with Gasteiger partial charge in [0.15, 0.2) is 0 Å². The minimum absolute atomic E-state index is 0.0972. The van der Waals surface area contributed by atoms with Crippen molar-refractivity contribution in [3.63, 3.8) is 0 Å². The number of aliphatic hydroxyl groups excluding tert-OH is 1. The third kappa shape index (κ3) is 6.06. The van der Waals surface area contributed by atoms with Gasteiger partial charge in [-0.15, -0.1) is 0 Å². The zero-order valence-electron chi connectivity index (χ0n) is 10.6. The van der Waals surface area contributed by atoms with Gasteiger partial charge in [0.25, 0.3) is 0 Å². The molecule has 2 aromatic carbocycles. The molecule has 0 radical (unpaired) electrons. The molecule has 0 aromatic heterocycles. The standard InChI is InChI=1S/C12H11BO2.C2H7NO/c14-13(11-7-3-1-4-8-11)15-12-9-5-2-6-10-12;3-1-2-4/h1-10,14H;4H,1-3H2. The average molecular weight is 259 g/mol. The summed E-state index contributed by atoms with van der Waals surface area (Å²) in [5.74, 6) is 0.661. The van der Waals surface area contributed by atoms with Crippen LogP contribution in [0.5, 0.6) is 5.75 Å². The Morgan fingerprint density at radius 1 is 0.947 bits per heavy atom. The van der Waals surface area contributed by atoms with Crippen LogP contribution in [0.2, 0.25) is 0 Å². The number of aliphatic hydroxyl groups is 1. The van der Waals surface area contributed by atoms with Gasteiger partial charge in [-0.1, -0.05) is 48.5 Å². The van der Waals surface area contributed by atoms with Gasteiger partial charge >= 0.3 is 7.12 Å². The van der Waals surface area contributed by atoms with E-state index in [1.54, 1.807) is 0 Å². The Bertz CT molecular complexity index is 437. The van der Waals surface area contributed by atoms with Crippen molar-refractivity contribution >= 4 is 12.6 Å². The monoisotopic (exact) mass is 259 g/mol. The van der Waals surface area contributed by atoms with Crippen LogP contribution in [0.1, 0.15) is 0 Å². The molecule has 0 bridgehead atoms. The second-order valence-electron chi connectivity index (χ2n) is 3.71. The van der Waals surface area contributed by atoms with Crippen molar-refractivity contribution in [3.05, 3.63) is 60.7 Å². The number of benzene rings is 2. The van der Waals surface area contributed by atoms with Crippen molar-refractivity contribution in [2.75, 3.05) is 13.2 Å². The van der Waals surface area contributed by atoms with Crippen LogP contribution in [0, 0.1) is 0 Å². The summed E-state index contributed by atoms with van der Waals surface area (Å²) in [6, 6.07) is 18.6. The molecule has 0 unspecified atom stereocenters. The van der Waals surface area contributed by atoms with Crippen molar-refractivity contribution in [1.82, 2.24) is 0 Å². The predicted molar refractivity (Wildman–Crippen MR) is 77.3 cm³/mol. The molecule has 100 valence electrons. The van der Waals surface area contributed by atoms with Crippen LogP contribution in [-0.2, 0) is 0 Å². The van der Waals surface area contributed by atoms with Crippen LogP contribution in [0.3, 0.4) is 0 Å². The average Bonchev–Trinajstić information content (AvgIpc) is 2.49. The first-order chi connectivity index (χ1) is 9.27. The quantitative estimate of drug-likeness (QED) is 0.694. The Labute approximate surface area is 113 Å². The molecule has 0 aliphatic carbocycles. The van der Waals surface area contributed by atoms with E-state index in [0.29, 0.717) is 12.3 Å². The van der Waals surface area contributed by atoms with E-state index >= 15 is 0 Å². The van der Waals surface area contributed by atoms with E-state index in [1.807, 2.05) is 60.7 Å². The minimum Gasteiger partial charge on any atom is -0.532 e. The maximum atomic E-state index is 9.75. The van der Waals surface area contributed by atoms with Crippen LogP contribution in [0.15, 0.2) is 60.7 Å². The highest BCUT2D eigenvalue weighted by atomic mass is 16.5. The highest BCUT2D eigenvalue weighted by Crippen LogP contribution is 2.08. The van der Waals surface area contributed by atoms with Crippen LogP contribution in [0.4, 0.5) is 0 Å². The number of para-hydroxylation sites is 1. The summed E-state index contributed by atoms with van der Waals surface area (Å²) in [6.45, 7) is 0.472. The Balaban J connectivity index is 0.000000399. The molecule has 0 saturated heterocycles. The molecule has 0 aliphatic rings. The topological polar surface area (TPSA) is 75.7 Å². The van der Waals surface area contributed by atoms with Crippen molar-refractivity contribution < 1.29 is 14.8 Å². The number of hydrogen-bond donors (Lipinski definition) is 3.